The van der Waals surface area contributed by atoms with Crippen molar-refractivity contribution in [2.45, 2.75) is 51.1 Å². The first-order valence-electron chi connectivity index (χ1n) is 7.62. The van der Waals surface area contributed by atoms with Gasteiger partial charge in [0, 0.05) is 5.82 Å². The van der Waals surface area contributed by atoms with Crippen molar-refractivity contribution in [3.05, 3.63) is 22.2 Å². The Morgan fingerprint density at radius 1 is 1.29 bits per heavy atom. The van der Waals surface area contributed by atoms with Gasteiger partial charge < -0.3 is 24.3 Å². The molecule has 24 heavy (non-hydrogen) atoms. The third kappa shape index (κ3) is 3.55. The first kappa shape index (κ1) is 19.1. The van der Waals surface area contributed by atoms with E-state index in [2.05, 4.69) is 15.9 Å². The first-order chi connectivity index (χ1) is 11.0. The number of phenols is 1. The summed E-state index contributed by atoms with van der Waals surface area (Å²) >= 11 is 3.27. The van der Waals surface area contributed by atoms with Gasteiger partial charge in [-0.2, -0.15) is 0 Å². The van der Waals surface area contributed by atoms with E-state index >= 15 is 0 Å². The van der Waals surface area contributed by atoms with Gasteiger partial charge in [0.2, 0.25) is 0 Å². The van der Waals surface area contributed by atoms with Crippen molar-refractivity contribution in [3.63, 3.8) is 0 Å². The van der Waals surface area contributed by atoms with Crippen molar-refractivity contribution in [3.8, 4) is 11.5 Å². The summed E-state index contributed by atoms with van der Waals surface area (Å²) in [7, 11) is 0.721. The smallest absolute Gasteiger partial charge is 0.466 e. The molecule has 1 aromatic carbocycles. The summed E-state index contributed by atoms with van der Waals surface area (Å²) in [6.45, 7) is 7.66. The zero-order chi connectivity index (χ0) is 18.3. The van der Waals surface area contributed by atoms with Crippen molar-refractivity contribution in [2.24, 2.45) is 0 Å². The van der Waals surface area contributed by atoms with Gasteiger partial charge in [-0.3, -0.25) is 4.79 Å². The number of carbonyl (C=O) groups is 1. The highest BCUT2D eigenvalue weighted by atomic mass is 79.9. The highest BCUT2D eigenvalue weighted by Crippen LogP contribution is 2.44. The van der Waals surface area contributed by atoms with Gasteiger partial charge >= 0.3 is 13.1 Å². The van der Waals surface area contributed by atoms with Gasteiger partial charge in [0.25, 0.3) is 0 Å². The Balaban J connectivity index is 2.44. The topological polar surface area (TPSA) is 85.2 Å². The van der Waals surface area contributed by atoms with E-state index in [1.54, 1.807) is 12.1 Å². The van der Waals surface area contributed by atoms with Gasteiger partial charge in [-0.25, -0.2) is 0 Å². The van der Waals surface area contributed by atoms with E-state index in [0.717, 1.165) is 0 Å². The normalized spacial score (nSPS) is 20.0. The predicted molar refractivity (Wildman–Crippen MR) is 93.4 cm³/mol. The molecule has 1 unspecified atom stereocenters. The number of carboxylic acid groups (broad SMARTS) is 1. The molecule has 8 heteroatoms. The number of halogens is 1. The molecular weight excluding hydrogens is 379 g/mol. The lowest BCUT2D eigenvalue weighted by molar-refractivity contribution is -0.137. The van der Waals surface area contributed by atoms with Gasteiger partial charge in [-0.15, -0.1) is 0 Å². The molecule has 6 nitrogen and oxygen atoms in total. The van der Waals surface area contributed by atoms with Crippen molar-refractivity contribution < 1.29 is 29.1 Å². The van der Waals surface area contributed by atoms with Crippen LogP contribution in [0.15, 0.2) is 16.6 Å². The van der Waals surface area contributed by atoms with Crippen molar-refractivity contribution in [2.75, 3.05) is 7.11 Å². The third-order valence-corrected chi connectivity index (χ3v) is 5.30. The Morgan fingerprint density at radius 2 is 1.83 bits per heavy atom. The maximum Gasteiger partial charge on any atom is 0.466 e. The van der Waals surface area contributed by atoms with Crippen LogP contribution in [0.4, 0.5) is 0 Å². The quantitative estimate of drug-likeness (QED) is 0.737. The molecule has 0 radical (unpaired) electrons. The standard InChI is InChI=1S/C16H22BBrO6/c1-15(2)16(3,4)24-17(23-15)10(8-13(19)20)9-6-11(18)14(21)12(7-9)22-5/h6-7,10,21H,8H2,1-5H3,(H,19,20). The molecule has 2 rings (SSSR count). The second-order valence-electron chi connectivity index (χ2n) is 6.88. The van der Waals surface area contributed by atoms with Crippen LogP contribution in [0.25, 0.3) is 0 Å². The molecule has 0 aliphatic carbocycles. The number of phenolic OH excluding ortho intramolecular Hbond substituents is 1. The summed E-state index contributed by atoms with van der Waals surface area (Å²) in [4.78, 5) is 11.4. The number of rotatable bonds is 5. The molecule has 0 bridgehead atoms. The van der Waals surface area contributed by atoms with Crippen LogP contribution >= 0.6 is 15.9 Å². The van der Waals surface area contributed by atoms with Crippen LogP contribution in [-0.4, -0.2) is 41.6 Å². The maximum absolute atomic E-state index is 11.4. The second kappa shape index (κ2) is 6.57. The summed E-state index contributed by atoms with van der Waals surface area (Å²) in [5, 5.41) is 19.3. The Bertz CT molecular complexity index is 630. The molecule has 1 heterocycles. The zero-order valence-electron chi connectivity index (χ0n) is 14.4. The number of aliphatic carboxylic acids is 1. The largest absolute Gasteiger partial charge is 0.503 e. The van der Waals surface area contributed by atoms with Crippen LogP contribution in [-0.2, 0) is 14.1 Å². The number of carboxylic acids is 1. The van der Waals surface area contributed by atoms with Crippen LogP contribution in [0.1, 0.15) is 45.5 Å². The molecule has 1 aromatic rings. The van der Waals surface area contributed by atoms with E-state index in [-0.39, 0.29) is 17.9 Å². The Labute approximate surface area is 150 Å². The average Bonchev–Trinajstić information content (AvgIpc) is 2.67. The van der Waals surface area contributed by atoms with Gasteiger partial charge in [0.05, 0.1) is 29.2 Å². The van der Waals surface area contributed by atoms with Crippen LogP contribution in [0.3, 0.4) is 0 Å². The minimum atomic E-state index is -0.960. The van der Waals surface area contributed by atoms with E-state index < -0.39 is 30.1 Å². The zero-order valence-corrected chi connectivity index (χ0v) is 16.0. The summed E-state index contributed by atoms with van der Waals surface area (Å²) < 4.78 is 17.6. The van der Waals surface area contributed by atoms with Crippen molar-refractivity contribution >= 4 is 29.0 Å². The van der Waals surface area contributed by atoms with Crippen LogP contribution < -0.4 is 4.74 Å². The Morgan fingerprint density at radius 3 is 2.29 bits per heavy atom. The molecule has 132 valence electrons. The van der Waals surface area contributed by atoms with Crippen molar-refractivity contribution in [1.82, 2.24) is 0 Å². The van der Waals surface area contributed by atoms with E-state index in [1.165, 1.54) is 7.11 Å². The molecular formula is C16H22BBrO6. The number of aromatic hydroxyl groups is 1. The molecule has 1 atom stereocenters. The molecule has 0 amide bonds. The van der Waals surface area contributed by atoms with Crippen molar-refractivity contribution in [1.29, 1.82) is 0 Å². The summed E-state index contributed by atoms with van der Waals surface area (Å²) in [5.41, 5.74) is -0.475. The summed E-state index contributed by atoms with van der Waals surface area (Å²) in [5.74, 6) is -1.29. The lowest BCUT2D eigenvalue weighted by Crippen LogP contribution is -2.41. The molecule has 1 fully saturated rings. The highest BCUT2D eigenvalue weighted by Gasteiger charge is 2.54. The molecule has 1 saturated heterocycles. The molecule has 1 aliphatic rings. The van der Waals surface area contributed by atoms with E-state index in [0.29, 0.717) is 10.0 Å². The van der Waals surface area contributed by atoms with E-state index in [1.807, 2.05) is 27.7 Å². The third-order valence-electron chi connectivity index (χ3n) is 4.69. The molecule has 0 spiro atoms. The molecule has 1 aliphatic heterocycles. The van der Waals surface area contributed by atoms with E-state index in [4.69, 9.17) is 14.0 Å². The number of ether oxygens (including phenoxy) is 1. The average molecular weight is 401 g/mol. The molecule has 0 saturated carbocycles. The lowest BCUT2D eigenvalue weighted by atomic mass is 9.66. The van der Waals surface area contributed by atoms with Crippen LogP contribution in [0.5, 0.6) is 11.5 Å². The summed E-state index contributed by atoms with van der Waals surface area (Å²) in [6.07, 6.45) is -0.169. The lowest BCUT2D eigenvalue weighted by Gasteiger charge is -2.32. The Hall–Kier alpha value is -1.25. The van der Waals surface area contributed by atoms with Gasteiger partial charge in [-0.05, 0) is 61.3 Å². The first-order valence-corrected chi connectivity index (χ1v) is 8.41. The SMILES string of the molecule is COc1cc(C(CC(=O)O)B2OC(C)(C)C(C)(C)O2)cc(Br)c1O. The van der Waals surface area contributed by atoms with Crippen LogP contribution in [0, 0.1) is 0 Å². The fourth-order valence-corrected chi connectivity index (χ4v) is 3.04. The maximum atomic E-state index is 11.4. The number of methoxy groups -OCH3 is 1. The number of hydrogen-bond donors (Lipinski definition) is 2. The molecule has 0 aromatic heterocycles. The number of benzene rings is 1. The minimum absolute atomic E-state index is 0.0377. The van der Waals surface area contributed by atoms with Crippen LogP contribution in [0.2, 0.25) is 0 Å². The number of hydrogen-bond acceptors (Lipinski definition) is 5. The monoisotopic (exact) mass is 400 g/mol. The summed E-state index contributed by atoms with van der Waals surface area (Å²) in [6, 6.07) is 3.27. The van der Waals surface area contributed by atoms with E-state index in [9.17, 15) is 15.0 Å². The fraction of sp³-hybridized carbons (Fsp3) is 0.562. The minimum Gasteiger partial charge on any atom is -0.503 e. The van der Waals surface area contributed by atoms with Gasteiger partial charge in [0.1, 0.15) is 0 Å². The van der Waals surface area contributed by atoms with Gasteiger partial charge in [-0.1, -0.05) is 0 Å². The molecule has 2 N–H and O–H groups in total. The van der Waals surface area contributed by atoms with Gasteiger partial charge in [0.15, 0.2) is 11.5 Å². The Kier molecular flexibility index (Phi) is 5.23. The fourth-order valence-electron chi connectivity index (χ4n) is 2.58. The highest BCUT2D eigenvalue weighted by molar-refractivity contribution is 9.10. The second-order valence-corrected chi connectivity index (χ2v) is 7.74. The predicted octanol–water partition coefficient (Wildman–Crippen LogP) is 3.35.